The van der Waals surface area contributed by atoms with Crippen molar-refractivity contribution in [1.29, 1.82) is 0 Å². The number of alkyl halides is 2. The molecule has 0 bridgehead atoms. The van der Waals surface area contributed by atoms with Crippen LogP contribution in [0.25, 0.3) is 6.08 Å². The molecule has 0 amide bonds. The number of ether oxygens (including phenoxy) is 4. The van der Waals surface area contributed by atoms with Gasteiger partial charge >= 0.3 is 12.6 Å². The van der Waals surface area contributed by atoms with Crippen molar-refractivity contribution in [1.82, 2.24) is 0 Å². The summed E-state index contributed by atoms with van der Waals surface area (Å²) in [6.45, 7) is -2.97. The van der Waals surface area contributed by atoms with E-state index in [0.717, 1.165) is 0 Å². The molecule has 0 aromatic heterocycles. The summed E-state index contributed by atoms with van der Waals surface area (Å²) in [5.41, 5.74) is 1.16. The lowest BCUT2D eigenvalue weighted by molar-refractivity contribution is -0.129. The third-order valence-corrected chi connectivity index (χ3v) is 3.64. The van der Waals surface area contributed by atoms with Crippen molar-refractivity contribution < 1.29 is 32.5 Å². The molecule has 0 N–H and O–H groups in total. The molecular formula is C19H15F2NO5. The summed E-state index contributed by atoms with van der Waals surface area (Å²) in [4.78, 5) is 16.3. The van der Waals surface area contributed by atoms with Crippen molar-refractivity contribution in [2.24, 2.45) is 4.99 Å². The Morgan fingerprint density at radius 2 is 1.89 bits per heavy atom. The molecule has 0 fully saturated rings. The van der Waals surface area contributed by atoms with Crippen LogP contribution in [-0.2, 0) is 9.53 Å². The van der Waals surface area contributed by atoms with Gasteiger partial charge in [0, 0.05) is 5.56 Å². The summed E-state index contributed by atoms with van der Waals surface area (Å²) >= 11 is 0. The summed E-state index contributed by atoms with van der Waals surface area (Å²) in [6, 6.07) is 11.2. The van der Waals surface area contributed by atoms with Gasteiger partial charge in [0.15, 0.2) is 17.2 Å². The van der Waals surface area contributed by atoms with E-state index in [1.54, 1.807) is 24.3 Å². The normalized spacial score (nSPS) is 14.9. The maximum atomic E-state index is 12.4. The van der Waals surface area contributed by atoms with Crippen LogP contribution in [0.3, 0.4) is 0 Å². The molecule has 140 valence electrons. The minimum absolute atomic E-state index is 0.0670. The molecule has 0 saturated heterocycles. The highest BCUT2D eigenvalue weighted by atomic mass is 19.3. The summed E-state index contributed by atoms with van der Waals surface area (Å²) < 4.78 is 44.5. The van der Waals surface area contributed by atoms with E-state index in [2.05, 4.69) is 9.73 Å². The smallest absolute Gasteiger partial charge is 0.387 e. The first-order valence-electron chi connectivity index (χ1n) is 7.80. The Morgan fingerprint density at radius 3 is 2.59 bits per heavy atom. The highest BCUT2D eigenvalue weighted by Gasteiger charge is 2.24. The number of carbonyl (C=O) groups excluding carboxylic acids is 1. The van der Waals surface area contributed by atoms with Gasteiger partial charge in [-0.1, -0.05) is 12.1 Å². The molecule has 0 unspecified atom stereocenters. The van der Waals surface area contributed by atoms with Crippen LogP contribution in [0.4, 0.5) is 8.78 Å². The van der Waals surface area contributed by atoms with Crippen LogP contribution in [-0.4, -0.2) is 32.7 Å². The van der Waals surface area contributed by atoms with E-state index in [9.17, 15) is 13.6 Å². The second-order valence-electron chi connectivity index (χ2n) is 5.36. The first kappa shape index (κ1) is 18.4. The molecule has 1 aliphatic rings. The highest BCUT2D eigenvalue weighted by molar-refractivity contribution is 6.13. The lowest BCUT2D eigenvalue weighted by atomic mass is 10.1. The van der Waals surface area contributed by atoms with Gasteiger partial charge in [-0.3, -0.25) is 0 Å². The zero-order chi connectivity index (χ0) is 19.4. The molecular weight excluding hydrogens is 360 g/mol. The Labute approximate surface area is 153 Å². The van der Waals surface area contributed by atoms with E-state index in [-0.39, 0.29) is 23.1 Å². The summed E-state index contributed by atoms with van der Waals surface area (Å²) in [5, 5.41) is 0. The Morgan fingerprint density at radius 1 is 1.07 bits per heavy atom. The number of aliphatic imine (C=N–C) groups is 1. The van der Waals surface area contributed by atoms with Crippen LogP contribution in [0.5, 0.6) is 17.2 Å². The van der Waals surface area contributed by atoms with Crippen molar-refractivity contribution in [3.63, 3.8) is 0 Å². The predicted molar refractivity (Wildman–Crippen MR) is 93.2 cm³/mol. The quantitative estimate of drug-likeness (QED) is 0.570. The van der Waals surface area contributed by atoms with E-state index >= 15 is 0 Å². The fourth-order valence-electron chi connectivity index (χ4n) is 2.41. The van der Waals surface area contributed by atoms with Crippen LogP contribution in [0.15, 0.2) is 53.2 Å². The number of methoxy groups -OCH3 is 2. The summed E-state index contributed by atoms with van der Waals surface area (Å²) in [5.74, 6) is 0.120. The summed E-state index contributed by atoms with van der Waals surface area (Å²) in [6.07, 6.45) is 1.46. The number of cyclic esters (lactones) is 1. The molecule has 1 heterocycles. The molecule has 2 aromatic rings. The molecule has 8 heteroatoms. The second kappa shape index (κ2) is 7.86. The fraction of sp³-hybridized carbons (Fsp3) is 0.158. The highest BCUT2D eigenvalue weighted by Crippen LogP contribution is 2.31. The number of nitrogens with zero attached hydrogens (tertiary/aromatic N) is 1. The Balaban J connectivity index is 1.90. The number of esters is 1. The van der Waals surface area contributed by atoms with Crippen molar-refractivity contribution in [3.8, 4) is 17.2 Å². The van der Waals surface area contributed by atoms with Gasteiger partial charge in [-0.15, -0.1) is 0 Å². The molecule has 2 aromatic carbocycles. The van der Waals surface area contributed by atoms with E-state index < -0.39 is 12.6 Å². The lowest BCUT2D eigenvalue weighted by Crippen LogP contribution is -2.05. The van der Waals surface area contributed by atoms with E-state index in [4.69, 9.17) is 14.2 Å². The van der Waals surface area contributed by atoms with Crippen molar-refractivity contribution in [3.05, 3.63) is 59.3 Å². The van der Waals surface area contributed by atoms with Crippen molar-refractivity contribution >= 4 is 17.9 Å². The first-order valence-corrected chi connectivity index (χ1v) is 7.80. The van der Waals surface area contributed by atoms with Crippen LogP contribution < -0.4 is 14.2 Å². The topological polar surface area (TPSA) is 66.3 Å². The maximum absolute atomic E-state index is 12.4. The van der Waals surface area contributed by atoms with Gasteiger partial charge in [0.05, 0.1) is 14.2 Å². The van der Waals surface area contributed by atoms with Gasteiger partial charge in [-0.05, 0) is 42.0 Å². The number of halogens is 2. The molecule has 0 radical (unpaired) electrons. The number of hydrogen-bond acceptors (Lipinski definition) is 6. The first-order chi connectivity index (χ1) is 13.0. The monoisotopic (exact) mass is 375 g/mol. The molecule has 0 saturated carbocycles. The van der Waals surface area contributed by atoms with Gasteiger partial charge in [-0.25, -0.2) is 9.79 Å². The molecule has 0 aliphatic carbocycles. The number of carbonyl (C=O) groups is 1. The number of rotatable bonds is 6. The second-order valence-corrected chi connectivity index (χ2v) is 5.36. The molecule has 0 atom stereocenters. The average Bonchev–Trinajstić information content (AvgIpc) is 3.03. The van der Waals surface area contributed by atoms with Crippen molar-refractivity contribution in [2.45, 2.75) is 6.61 Å². The van der Waals surface area contributed by atoms with Crippen LogP contribution in [0.1, 0.15) is 11.1 Å². The molecule has 1 aliphatic heterocycles. The van der Waals surface area contributed by atoms with E-state index in [1.807, 2.05) is 0 Å². The van der Waals surface area contributed by atoms with E-state index in [0.29, 0.717) is 16.9 Å². The van der Waals surface area contributed by atoms with Gasteiger partial charge < -0.3 is 18.9 Å². The van der Waals surface area contributed by atoms with Crippen LogP contribution in [0.2, 0.25) is 0 Å². The summed E-state index contributed by atoms with van der Waals surface area (Å²) in [7, 11) is 2.86. The molecule has 3 rings (SSSR count). The third-order valence-electron chi connectivity index (χ3n) is 3.64. The molecule has 6 nitrogen and oxygen atoms in total. The third kappa shape index (κ3) is 4.22. The number of hydrogen-bond donors (Lipinski definition) is 0. The fourth-order valence-corrected chi connectivity index (χ4v) is 2.41. The molecule has 27 heavy (non-hydrogen) atoms. The molecule has 0 spiro atoms. The van der Waals surface area contributed by atoms with Gasteiger partial charge in [-0.2, -0.15) is 8.78 Å². The van der Waals surface area contributed by atoms with Gasteiger partial charge in [0.1, 0.15) is 5.75 Å². The Hall–Kier alpha value is -3.42. The largest absolute Gasteiger partial charge is 0.497 e. The maximum Gasteiger partial charge on any atom is 0.387 e. The SMILES string of the molecule is COc1cccc(C2=N/C(=C/c3ccc(OC(F)F)c(OC)c3)C(=O)O2)c1. The lowest BCUT2D eigenvalue weighted by Gasteiger charge is -2.10. The van der Waals surface area contributed by atoms with Gasteiger partial charge in [0.2, 0.25) is 5.90 Å². The predicted octanol–water partition coefficient (Wildman–Crippen LogP) is 3.65. The van der Waals surface area contributed by atoms with Crippen LogP contribution in [0, 0.1) is 0 Å². The minimum Gasteiger partial charge on any atom is -0.497 e. The Kier molecular flexibility index (Phi) is 5.35. The average molecular weight is 375 g/mol. The van der Waals surface area contributed by atoms with Crippen LogP contribution >= 0.6 is 0 Å². The van der Waals surface area contributed by atoms with Crippen molar-refractivity contribution in [2.75, 3.05) is 14.2 Å². The number of benzene rings is 2. The zero-order valence-electron chi connectivity index (χ0n) is 14.4. The standard InChI is InChI=1S/C19H15F2NO5/c1-24-13-5-3-4-12(10-13)17-22-14(18(23)27-17)8-11-6-7-15(26-19(20)21)16(9-11)25-2/h3-10,19H,1-2H3/b14-8+. The zero-order valence-corrected chi connectivity index (χ0v) is 14.4. The minimum atomic E-state index is -2.97. The van der Waals surface area contributed by atoms with Gasteiger partial charge in [0.25, 0.3) is 0 Å². The van der Waals surface area contributed by atoms with E-state index in [1.165, 1.54) is 38.5 Å². The Bertz CT molecular complexity index is 924.